The van der Waals surface area contributed by atoms with Crippen LogP contribution in [0.15, 0.2) is 79.1 Å². The third kappa shape index (κ3) is 4.48. The van der Waals surface area contributed by atoms with Gasteiger partial charge in [-0.15, -0.1) is 0 Å². The number of nitrogens with one attached hydrogen (secondary N) is 1. The summed E-state index contributed by atoms with van der Waals surface area (Å²) in [4.78, 5) is 26.3. The van der Waals surface area contributed by atoms with Gasteiger partial charge < -0.3 is 14.6 Å². The Morgan fingerprint density at radius 3 is 2.66 bits per heavy atom. The molecule has 7 heteroatoms. The monoisotopic (exact) mass is 463 g/mol. The normalized spacial score (nSPS) is 10.9. The van der Waals surface area contributed by atoms with E-state index in [0.717, 1.165) is 40.0 Å². The highest BCUT2D eigenvalue weighted by molar-refractivity contribution is 6.06. The van der Waals surface area contributed by atoms with Crippen molar-refractivity contribution in [1.29, 1.82) is 0 Å². The fraction of sp³-hybridized carbons (Fsp3) is 0.143. The lowest BCUT2D eigenvalue weighted by atomic mass is 10.1. The number of pyridine rings is 1. The number of hydrogen-bond acceptors (Lipinski definition) is 5. The summed E-state index contributed by atoms with van der Waals surface area (Å²) in [5.41, 5.74) is 4.72. The van der Waals surface area contributed by atoms with Gasteiger partial charge >= 0.3 is 0 Å². The maximum absolute atomic E-state index is 13.0. The minimum absolute atomic E-state index is 0.167. The number of benzene rings is 2. The highest BCUT2D eigenvalue weighted by Crippen LogP contribution is 2.32. The number of rotatable bonds is 6. The molecule has 3 aromatic heterocycles. The lowest BCUT2D eigenvalue weighted by molar-refractivity contribution is 0.101. The quantitative estimate of drug-likeness (QED) is 0.337. The first kappa shape index (κ1) is 22.3. The van der Waals surface area contributed by atoms with E-state index in [-0.39, 0.29) is 5.91 Å². The number of amides is 1. The van der Waals surface area contributed by atoms with Crippen LogP contribution in [0.1, 0.15) is 28.8 Å². The van der Waals surface area contributed by atoms with Gasteiger partial charge in [-0.05, 0) is 61.0 Å². The molecule has 0 fully saturated rings. The summed E-state index contributed by atoms with van der Waals surface area (Å²) >= 11 is 0. The summed E-state index contributed by atoms with van der Waals surface area (Å²) in [5.74, 6) is 1.71. The third-order valence-corrected chi connectivity index (χ3v) is 5.89. The molecule has 7 nitrogen and oxygen atoms in total. The number of aromatic nitrogens is 4. The lowest BCUT2D eigenvalue weighted by Crippen LogP contribution is -2.15. The predicted octanol–water partition coefficient (Wildman–Crippen LogP) is 5.95. The van der Waals surface area contributed by atoms with E-state index in [4.69, 9.17) is 4.74 Å². The Morgan fingerprint density at radius 1 is 1.00 bits per heavy atom. The van der Waals surface area contributed by atoms with Gasteiger partial charge in [-0.3, -0.25) is 4.79 Å². The zero-order valence-electron chi connectivity index (χ0n) is 19.8. The number of aryl methyl sites for hydroxylation is 3. The molecule has 5 rings (SSSR count). The summed E-state index contributed by atoms with van der Waals surface area (Å²) in [6.45, 7) is 3.95. The zero-order chi connectivity index (χ0) is 24.4. The first-order chi connectivity index (χ1) is 17.0. The standard InChI is InChI=1S/C28H25N5O2/c1-4-26-29-15-13-22(32-26)21-9-7-14-30-28(21)35-25-12-11-20(16-18(25)2)31-27(34)24-17-19-8-5-6-10-23(19)33(24)3/h5-17H,4H2,1-3H3,(H,31,34). The number of ether oxygens (including phenoxy) is 1. The molecule has 2 aromatic carbocycles. The first-order valence-corrected chi connectivity index (χ1v) is 11.4. The Labute approximate surface area is 203 Å². The number of nitrogens with zero attached hydrogens (tertiary/aromatic N) is 4. The third-order valence-electron chi connectivity index (χ3n) is 5.89. The molecule has 5 aromatic rings. The smallest absolute Gasteiger partial charge is 0.272 e. The summed E-state index contributed by atoms with van der Waals surface area (Å²) < 4.78 is 8.08. The van der Waals surface area contributed by atoms with Crippen LogP contribution in [0.3, 0.4) is 0 Å². The number of fused-ring (bicyclic) bond motifs is 1. The van der Waals surface area contributed by atoms with Crippen molar-refractivity contribution < 1.29 is 9.53 Å². The van der Waals surface area contributed by atoms with Crippen molar-refractivity contribution in [2.24, 2.45) is 7.05 Å². The number of hydrogen-bond donors (Lipinski definition) is 1. The maximum Gasteiger partial charge on any atom is 0.272 e. The Hall–Kier alpha value is -4.52. The van der Waals surface area contributed by atoms with Gasteiger partial charge in [-0.1, -0.05) is 25.1 Å². The minimum Gasteiger partial charge on any atom is -0.438 e. The van der Waals surface area contributed by atoms with Crippen LogP contribution in [-0.2, 0) is 13.5 Å². The molecule has 0 spiro atoms. The van der Waals surface area contributed by atoms with Crippen LogP contribution >= 0.6 is 0 Å². The Morgan fingerprint density at radius 2 is 1.86 bits per heavy atom. The largest absolute Gasteiger partial charge is 0.438 e. The van der Waals surface area contributed by atoms with Crippen molar-refractivity contribution in [3.8, 4) is 22.9 Å². The fourth-order valence-corrected chi connectivity index (χ4v) is 4.03. The average molecular weight is 464 g/mol. The molecule has 174 valence electrons. The van der Waals surface area contributed by atoms with E-state index in [1.54, 1.807) is 12.4 Å². The highest BCUT2D eigenvalue weighted by Gasteiger charge is 2.15. The van der Waals surface area contributed by atoms with Crippen LogP contribution in [0.25, 0.3) is 22.2 Å². The average Bonchev–Trinajstić information content (AvgIpc) is 3.22. The van der Waals surface area contributed by atoms with Gasteiger partial charge in [-0.25, -0.2) is 15.0 Å². The van der Waals surface area contributed by atoms with Crippen LogP contribution in [0.2, 0.25) is 0 Å². The fourth-order valence-electron chi connectivity index (χ4n) is 4.03. The van der Waals surface area contributed by atoms with Crippen molar-refractivity contribution in [3.63, 3.8) is 0 Å². The van der Waals surface area contributed by atoms with Crippen LogP contribution in [-0.4, -0.2) is 25.4 Å². The van der Waals surface area contributed by atoms with Gasteiger partial charge in [0.2, 0.25) is 5.88 Å². The van der Waals surface area contributed by atoms with Gasteiger partial charge in [0.1, 0.15) is 17.3 Å². The molecule has 35 heavy (non-hydrogen) atoms. The SMILES string of the molecule is CCc1nccc(-c2cccnc2Oc2ccc(NC(=O)c3cc4ccccc4n3C)cc2C)n1. The van der Waals surface area contributed by atoms with E-state index in [1.165, 1.54) is 0 Å². The summed E-state index contributed by atoms with van der Waals surface area (Å²) in [7, 11) is 1.89. The summed E-state index contributed by atoms with van der Waals surface area (Å²) in [5, 5.41) is 4.02. The van der Waals surface area contributed by atoms with Gasteiger partial charge in [-0.2, -0.15) is 0 Å². The maximum atomic E-state index is 13.0. The van der Waals surface area contributed by atoms with E-state index >= 15 is 0 Å². The Balaban J connectivity index is 1.37. The molecule has 0 radical (unpaired) electrons. The molecule has 1 N–H and O–H groups in total. The second kappa shape index (κ2) is 9.38. The summed E-state index contributed by atoms with van der Waals surface area (Å²) in [6, 6.07) is 21.0. The van der Waals surface area contributed by atoms with E-state index in [9.17, 15) is 4.79 Å². The van der Waals surface area contributed by atoms with Gasteiger partial charge in [0.15, 0.2) is 0 Å². The molecule has 0 aliphatic carbocycles. The van der Waals surface area contributed by atoms with Crippen LogP contribution < -0.4 is 10.1 Å². The van der Waals surface area contributed by atoms with Crippen LogP contribution in [0.5, 0.6) is 11.6 Å². The van der Waals surface area contributed by atoms with Crippen molar-refractivity contribution in [1.82, 2.24) is 19.5 Å². The van der Waals surface area contributed by atoms with Crippen molar-refractivity contribution >= 4 is 22.5 Å². The topological polar surface area (TPSA) is 81.9 Å². The van der Waals surface area contributed by atoms with E-state index in [2.05, 4.69) is 20.3 Å². The molecule has 0 aliphatic heterocycles. The molecule has 0 aliphatic rings. The number of para-hydroxylation sites is 1. The summed E-state index contributed by atoms with van der Waals surface area (Å²) in [6.07, 6.45) is 4.18. The minimum atomic E-state index is -0.167. The number of carbonyl (C=O) groups is 1. The molecular weight excluding hydrogens is 438 g/mol. The lowest BCUT2D eigenvalue weighted by Gasteiger charge is -2.13. The number of carbonyl (C=O) groups excluding carboxylic acids is 1. The van der Waals surface area contributed by atoms with Gasteiger partial charge in [0.05, 0.1) is 11.3 Å². The molecule has 0 saturated heterocycles. The molecule has 0 bridgehead atoms. The van der Waals surface area contributed by atoms with E-state index in [1.807, 2.05) is 92.2 Å². The van der Waals surface area contributed by atoms with Gasteiger partial charge in [0, 0.05) is 42.5 Å². The van der Waals surface area contributed by atoms with Crippen LogP contribution in [0.4, 0.5) is 5.69 Å². The molecule has 0 atom stereocenters. The second-order valence-electron chi connectivity index (χ2n) is 8.25. The molecule has 0 unspecified atom stereocenters. The Bertz CT molecular complexity index is 1540. The molecule has 0 saturated carbocycles. The molecular formula is C28H25N5O2. The van der Waals surface area contributed by atoms with E-state index < -0.39 is 0 Å². The van der Waals surface area contributed by atoms with Crippen LogP contribution in [0, 0.1) is 6.92 Å². The molecule has 3 heterocycles. The van der Waals surface area contributed by atoms with Crippen molar-refractivity contribution in [3.05, 3.63) is 96.2 Å². The second-order valence-corrected chi connectivity index (χ2v) is 8.25. The van der Waals surface area contributed by atoms with Crippen molar-refractivity contribution in [2.75, 3.05) is 5.32 Å². The number of anilines is 1. The van der Waals surface area contributed by atoms with Crippen molar-refractivity contribution in [2.45, 2.75) is 20.3 Å². The molecule has 1 amide bonds. The predicted molar refractivity (Wildman–Crippen MR) is 137 cm³/mol. The first-order valence-electron chi connectivity index (χ1n) is 11.4. The highest BCUT2D eigenvalue weighted by atomic mass is 16.5. The zero-order valence-corrected chi connectivity index (χ0v) is 19.8. The van der Waals surface area contributed by atoms with Gasteiger partial charge in [0.25, 0.3) is 5.91 Å². The van der Waals surface area contributed by atoms with E-state index in [0.29, 0.717) is 23.0 Å². The Kier molecular flexibility index (Phi) is 5.97.